The Morgan fingerprint density at radius 2 is 1.60 bits per heavy atom. The summed E-state index contributed by atoms with van der Waals surface area (Å²) in [5.74, 6) is 0.301. The lowest BCUT2D eigenvalue weighted by molar-refractivity contribution is 0.0694. The number of benzene rings is 2. The van der Waals surface area contributed by atoms with Gasteiger partial charge in [0.15, 0.2) is 0 Å². The number of hydrogen-bond acceptors (Lipinski definition) is 4. The molecule has 3 rings (SSSR count). The Balaban J connectivity index is 1.79. The highest BCUT2D eigenvalue weighted by Gasteiger charge is 2.28. The summed E-state index contributed by atoms with van der Waals surface area (Å²) in [4.78, 5) is 11.5. The predicted octanol–water partition coefficient (Wildman–Crippen LogP) is 4.25. The molecule has 132 valence electrons. The monoisotopic (exact) mass is 342 g/mol. The lowest BCUT2D eigenvalue weighted by Crippen LogP contribution is -2.15. The molecule has 2 aromatic carbocycles. The van der Waals surface area contributed by atoms with Crippen molar-refractivity contribution in [2.24, 2.45) is 0 Å². The lowest BCUT2D eigenvalue weighted by atomic mass is 9.75. The SMILES string of the molecule is COc1ccc(C(=O)O)c(C2CCC(c3ccc(O)cc3O)CC2)c1. The Morgan fingerprint density at radius 3 is 2.16 bits per heavy atom. The summed E-state index contributed by atoms with van der Waals surface area (Å²) in [5, 5.41) is 28.9. The Kier molecular flexibility index (Phi) is 4.83. The Morgan fingerprint density at radius 1 is 0.960 bits per heavy atom. The molecule has 0 heterocycles. The fraction of sp³-hybridized carbons (Fsp3) is 0.350. The van der Waals surface area contributed by atoms with Crippen molar-refractivity contribution in [3.05, 3.63) is 53.1 Å². The van der Waals surface area contributed by atoms with Crippen LogP contribution < -0.4 is 4.74 Å². The van der Waals surface area contributed by atoms with Crippen molar-refractivity contribution in [2.45, 2.75) is 37.5 Å². The summed E-state index contributed by atoms with van der Waals surface area (Å²) in [6.07, 6.45) is 3.41. The van der Waals surface area contributed by atoms with E-state index in [1.165, 1.54) is 6.07 Å². The van der Waals surface area contributed by atoms with Gasteiger partial charge in [-0.15, -0.1) is 0 Å². The average Bonchev–Trinajstić information content (AvgIpc) is 2.61. The molecule has 0 spiro atoms. The first-order chi connectivity index (χ1) is 12.0. The molecule has 0 aromatic heterocycles. The molecule has 1 aliphatic carbocycles. The minimum absolute atomic E-state index is 0.0532. The highest BCUT2D eigenvalue weighted by Crippen LogP contribution is 2.44. The zero-order valence-corrected chi connectivity index (χ0v) is 14.1. The van der Waals surface area contributed by atoms with Gasteiger partial charge in [0, 0.05) is 6.07 Å². The van der Waals surface area contributed by atoms with Crippen molar-refractivity contribution in [2.75, 3.05) is 7.11 Å². The molecule has 0 unspecified atom stereocenters. The molecular formula is C20H22O5. The molecule has 5 nitrogen and oxygen atoms in total. The topological polar surface area (TPSA) is 87.0 Å². The second kappa shape index (κ2) is 7.05. The fourth-order valence-corrected chi connectivity index (χ4v) is 3.79. The van der Waals surface area contributed by atoms with Gasteiger partial charge in [-0.3, -0.25) is 0 Å². The first-order valence-electron chi connectivity index (χ1n) is 8.42. The molecule has 0 atom stereocenters. The number of rotatable bonds is 4. The predicted molar refractivity (Wildman–Crippen MR) is 93.7 cm³/mol. The van der Waals surface area contributed by atoms with E-state index >= 15 is 0 Å². The number of aromatic carboxylic acids is 1. The van der Waals surface area contributed by atoms with Crippen LogP contribution in [0.25, 0.3) is 0 Å². The van der Waals surface area contributed by atoms with Crippen molar-refractivity contribution in [1.29, 1.82) is 0 Å². The van der Waals surface area contributed by atoms with Crippen LogP contribution in [0.2, 0.25) is 0 Å². The van der Waals surface area contributed by atoms with Crippen LogP contribution in [0, 0.1) is 0 Å². The van der Waals surface area contributed by atoms with E-state index in [0.29, 0.717) is 11.3 Å². The van der Waals surface area contributed by atoms with Crippen LogP contribution in [0.4, 0.5) is 0 Å². The number of carbonyl (C=O) groups is 1. The van der Waals surface area contributed by atoms with Gasteiger partial charge in [-0.1, -0.05) is 6.07 Å². The Hall–Kier alpha value is -2.69. The minimum Gasteiger partial charge on any atom is -0.508 e. The largest absolute Gasteiger partial charge is 0.508 e. The smallest absolute Gasteiger partial charge is 0.335 e. The van der Waals surface area contributed by atoms with Crippen LogP contribution in [0.15, 0.2) is 36.4 Å². The maximum Gasteiger partial charge on any atom is 0.335 e. The van der Waals surface area contributed by atoms with Gasteiger partial charge in [-0.05, 0) is 72.9 Å². The lowest BCUT2D eigenvalue weighted by Gasteiger charge is -2.30. The number of methoxy groups -OCH3 is 1. The second-order valence-corrected chi connectivity index (χ2v) is 6.55. The van der Waals surface area contributed by atoms with Crippen LogP contribution in [0.1, 0.15) is 59.0 Å². The summed E-state index contributed by atoms with van der Waals surface area (Å²) >= 11 is 0. The first-order valence-corrected chi connectivity index (χ1v) is 8.42. The minimum atomic E-state index is -0.920. The number of phenols is 2. The normalized spacial score (nSPS) is 20.2. The maximum absolute atomic E-state index is 11.5. The van der Waals surface area contributed by atoms with E-state index in [4.69, 9.17) is 4.74 Å². The third-order valence-corrected chi connectivity index (χ3v) is 5.11. The van der Waals surface area contributed by atoms with E-state index in [0.717, 1.165) is 36.8 Å². The van der Waals surface area contributed by atoms with Crippen LogP contribution in [-0.4, -0.2) is 28.4 Å². The third-order valence-electron chi connectivity index (χ3n) is 5.11. The molecule has 0 bridgehead atoms. The van der Waals surface area contributed by atoms with Crippen LogP contribution in [0.3, 0.4) is 0 Å². The van der Waals surface area contributed by atoms with E-state index in [1.807, 2.05) is 6.07 Å². The zero-order valence-electron chi connectivity index (χ0n) is 14.1. The van der Waals surface area contributed by atoms with E-state index in [9.17, 15) is 20.1 Å². The molecule has 0 aliphatic heterocycles. The van der Waals surface area contributed by atoms with E-state index < -0.39 is 5.97 Å². The summed E-state index contributed by atoms with van der Waals surface area (Å²) in [6.45, 7) is 0. The van der Waals surface area contributed by atoms with Crippen molar-refractivity contribution in [3.8, 4) is 17.2 Å². The average molecular weight is 342 g/mol. The van der Waals surface area contributed by atoms with E-state index in [1.54, 1.807) is 31.4 Å². The molecule has 1 aliphatic rings. The maximum atomic E-state index is 11.5. The second-order valence-electron chi connectivity index (χ2n) is 6.55. The molecule has 0 saturated heterocycles. The first kappa shape index (κ1) is 17.1. The van der Waals surface area contributed by atoms with Crippen molar-refractivity contribution in [3.63, 3.8) is 0 Å². The highest BCUT2D eigenvalue weighted by atomic mass is 16.5. The molecule has 0 radical (unpaired) electrons. The third kappa shape index (κ3) is 3.55. The molecule has 0 amide bonds. The van der Waals surface area contributed by atoms with Gasteiger partial charge >= 0.3 is 5.97 Å². The summed E-state index contributed by atoms with van der Waals surface area (Å²) in [6, 6.07) is 9.83. The van der Waals surface area contributed by atoms with E-state index in [2.05, 4.69) is 0 Å². The molecule has 1 saturated carbocycles. The summed E-state index contributed by atoms with van der Waals surface area (Å²) in [5.41, 5.74) is 2.00. The van der Waals surface area contributed by atoms with Crippen LogP contribution in [0.5, 0.6) is 17.2 Å². The molecular weight excluding hydrogens is 320 g/mol. The molecule has 5 heteroatoms. The number of hydrogen-bond donors (Lipinski definition) is 3. The number of carboxylic acid groups (broad SMARTS) is 1. The van der Waals surface area contributed by atoms with Crippen molar-refractivity contribution < 1.29 is 24.9 Å². The van der Waals surface area contributed by atoms with Crippen molar-refractivity contribution in [1.82, 2.24) is 0 Å². The number of carboxylic acids is 1. The summed E-state index contributed by atoms with van der Waals surface area (Å²) in [7, 11) is 1.57. The van der Waals surface area contributed by atoms with Gasteiger partial charge in [0.1, 0.15) is 17.2 Å². The number of ether oxygens (including phenoxy) is 1. The van der Waals surface area contributed by atoms with Gasteiger partial charge in [0.2, 0.25) is 0 Å². The van der Waals surface area contributed by atoms with Gasteiger partial charge in [-0.25, -0.2) is 4.79 Å². The molecule has 1 fully saturated rings. The number of phenolic OH excluding ortho intramolecular Hbond substituents is 2. The van der Waals surface area contributed by atoms with Gasteiger partial charge in [-0.2, -0.15) is 0 Å². The molecule has 3 N–H and O–H groups in total. The standard InChI is InChI=1S/C20H22O5/c1-25-15-7-9-17(20(23)24)18(11-15)13-4-2-12(3-5-13)16-8-6-14(21)10-19(16)22/h6-13,21-22H,2-5H2,1H3,(H,23,24). The quantitative estimate of drug-likeness (QED) is 0.773. The highest BCUT2D eigenvalue weighted by molar-refractivity contribution is 5.89. The fourth-order valence-electron chi connectivity index (χ4n) is 3.79. The van der Waals surface area contributed by atoms with Crippen LogP contribution >= 0.6 is 0 Å². The van der Waals surface area contributed by atoms with Crippen molar-refractivity contribution >= 4 is 5.97 Å². The summed E-state index contributed by atoms with van der Waals surface area (Å²) < 4.78 is 5.25. The Labute approximate surface area is 146 Å². The van der Waals surface area contributed by atoms with Gasteiger partial charge in [0.05, 0.1) is 12.7 Å². The molecule has 2 aromatic rings. The number of aromatic hydroxyl groups is 2. The Bertz CT molecular complexity index is 776. The van der Waals surface area contributed by atoms with Gasteiger partial charge in [0.25, 0.3) is 0 Å². The van der Waals surface area contributed by atoms with Gasteiger partial charge < -0.3 is 20.1 Å². The zero-order chi connectivity index (χ0) is 18.0. The van der Waals surface area contributed by atoms with Crippen LogP contribution in [-0.2, 0) is 0 Å². The molecule has 25 heavy (non-hydrogen) atoms. The van der Waals surface area contributed by atoms with E-state index in [-0.39, 0.29) is 23.3 Å².